The minimum absolute atomic E-state index is 0.0163. The lowest BCUT2D eigenvalue weighted by Crippen LogP contribution is -2.78. The smallest absolute Gasteiger partial charge is 0.317 e. The number of carbonyl (C=O) groups is 2. The molecule has 7 nitrogen and oxygen atoms in total. The molecule has 1 spiro atoms. The van der Waals surface area contributed by atoms with Gasteiger partial charge in [-0.25, -0.2) is 0 Å². The van der Waals surface area contributed by atoms with Crippen LogP contribution in [0, 0.1) is 11.3 Å². The summed E-state index contributed by atoms with van der Waals surface area (Å²) in [5, 5.41) is 3.70. The summed E-state index contributed by atoms with van der Waals surface area (Å²) in [6.45, 7) is 4.15. The minimum atomic E-state index is -1.06. The predicted octanol–water partition coefficient (Wildman–Crippen LogP) is 2.18. The fraction of sp³-hybridized carbons (Fsp3) is 0.565. The van der Waals surface area contributed by atoms with Crippen LogP contribution in [0.1, 0.15) is 32.3 Å². The van der Waals surface area contributed by atoms with Gasteiger partial charge in [-0.15, -0.1) is 0 Å². The third-order valence-corrected chi connectivity index (χ3v) is 8.44. The van der Waals surface area contributed by atoms with Crippen LogP contribution < -0.4 is 5.32 Å². The van der Waals surface area contributed by atoms with Gasteiger partial charge in [0.25, 0.3) is 0 Å². The second-order valence-corrected chi connectivity index (χ2v) is 9.17. The number of fused-ring (bicyclic) bond motifs is 4. The van der Waals surface area contributed by atoms with Gasteiger partial charge < -0.3 is 19.5 Å². The van der Waals surface area contributed by atoms with Gasteiger partial charge in [-0.1, -0.05) is 29.8 Å². The monoisotopic (exact) mass is 410 g/mol. The molecule has 7 heteroatoms. The Labute approximate surface area is 175 Å². The summed E-state index contributed by atoms with van der Waals surface area (Å²) < 4.78 is 17.9. The Morgan fingerprint density at radius 2 is 2.17 bits per heavy atom. The van der Waals surface area contributed by atoms with Crippen molar-refractivity contribution in [2.45, 2.75) is 50.1 Å². The van der Waals surface area contributed by atoms with Gasteiger partial charge in [0.15, 0.2) is 5.72 Å². The van der Waals surface area contributed by atoms with Gasteiger partial charge in [0.05, 0.1) is 18.6 Å². The number of nitrogens with one attached hydrogen (secondary N) is 1. The van der Waals surface area contributed by atoms with E-state index in [0.29, 0.717) is 6.42 Å². The van der Waals surface area contributed by atoms with Crippen LogP contribution in [-0.4, -0.2) is 55.1 Å². The zero-order valence-corrected chi connectivity index (χ0v) is 17.4. The van der Waals surface area contributed by atoms with Crippen LogP contribution >= 0.6 is 0 Å². The topological polar surface area (TPSA) is 77.1 Å². The number of ether oxygens (including phenoxy) is 3. The number of hydrogen-bond donors (Lipinski definition) is 1. The molecule has 6 rings (SSSR count). The molecular weight excluding hydrogens is 384 g/mol. The summed E-state index contributed by atoms with van der Waals surface area (Å²) in [6.07, 6.45) is 3.45. The molecule has 1 N–H and O–H groups in total. The molecule has 4 aliphatic heterocycles. The Morgan fingerprint density at radius 3 is 2.90 bits per heavy atom. The van der Waals surface area contributed by atoms with Gasteiger partial charge in [0, 0.05) is 31.5 Å². The molecule has 0 amide bonds. The summed E-state index contributed by atoms with van der Waals surface area (Å²) >= 11 is 0. The Balaban J connectivity index is 1.69. The number of anilines is 1. The van der Waals surface area contributed by atoms with Crippen LogP contribution in [0.2, 0.25) is 0 Å². The van der Waals surface area contributed by atoms with E-state index in [4.69, 9.17) is 14.2 Å². The molecule has 5 aliphatic rings. The van der Waals surface area contributed by atoms with Crippen LogP contribution in [0.4, 0.5) is 5.69 Å². The van der Waals surface area contributed by atoms with Crippen molar-refractivity contribution >= 4 is 17.6 Å². The van der Waals surface area contributed by atoms with E-state index in [1.165, 1.54) is 19.6 Å². The molecule has 4 bridgehead atoms. The molecule has 1 aliphatic carbocycles. The molecule has 0 radical (unpaired) electrons. The number of rotatable bonds is 3. The van der Waals surface area contributed by atoms with Gasteiger partial charge in [0.2, 0.25) is 0 Å². The maximum absolute atomic E-state index is 13.8. The SMILES string of the molecule is CC=C1CN2[C@@H]3C[C@@]45c6ccccc6N[C@]4(O3)[C@@H]2C[C@H]1C5(COC(C)=O)C(=O)OC. The van der Waals surface area contributed by atoms with Crippen molar-refractivity contribution in [2.24, 2.45) is 11.3 Å². The van der Waals surface area contributed by atoms with Crippen LogP contribution in [0.3, 0.4) is 0 Å². The van der Waals surface area contributed by atoms with Crippen molar-refractivity contribution in [1.82, 2.24) is 4.90 Å². The maximum Gasteiger partial charge on any atom is 0.317 e. The van der Waals surface area contributed by atoms with Crippen molar-refractivity contribution in [1.29, 1.82) is 0 Å². The minimum Gasteiger partial charge on any atom is -0.468 e. The van der Waals surface area contributed by atoms with Crippen LogP contribution in [-0.2, 0) is 29.2 Å². The van der Waals surface area contributed by atoms with E-state index in [1.807, 2.05) is 25.1 Å². The van der Waals surface area contributed by atoms with E-state index in [9.17, 15) is 9.59 Å². The largest absolute Gasteiger partial charge is 0.468 e. The molecule has 4 fully saturated rings. The molecule has 4 heterocycles. The number of esters is 2. The number of nitrogens with zero attached hydrogens (tertiary/aromatic N) is 1. The molecule has 158 valence electrons. The zero-order valence-electron chi connectivity index (χ0n) is 17.4. The molecule has 1 saturated carbocycles. The number of carbonyl (C=O) groups excluding carboxylic acids is 2. The average Bonchev–Trinajstić information content (AvgIpc) is 3.35. The summed E-state index contributed by atoms with van der Waals surface area (Å²) in [6, 6.07) is 8.28. The normalized spacial score (nSPS) is 43.3. The second kappa shape index (κ2) is 5.65. The first-order valence-corrected chi connectivity index (χ1v) is 10.6. The first kappa shape index (κ1) is 18.4. The van der Waals surface area contributed by atoms with Gasteiger partial charge in [-0.3, -0.25) is 14.5 Å². The second-order valence-electron chi connectivity index (χ2n) is 9.17. The van der Waals surface area contributed by atoms with Crippen molar-refractivity contribution in [3.8, 4) is 0 Å². The lowest BCUT2D eigenvalue weighted by Gasteiger charge is -2.64. The number of para-hydroxylation sites is 1. The Kier molecular flexibility index (Phi) is 3.46. The van der Waals surface area contributed by atoms with Crippen LogP contribution in [0.25, 0.3) is 0 Å². The summed E-state index contributed by atoms with van der Waals surface area (Å²) in [7, 11) is 1.43. The highest BCUT2D eigenvalue weighted by atomic mass is 16.6. The summed E-state index contributed by atoms with van der Waals surface area (Å²) in [5.41, 5.74) is 0.775. The lowest BCUT2D eigenvalue weighted by molar-refractivity contribution is -0.196. The molecule has 3 saturated heterocycles. The summed E-state index contributed by atoms with van der Waals surface area (Å²) in [5.74, 6) is -0.804. The van der Waals surface area contributed by atoms with E-state index in [2.05, 4.69) is 22.4 Å². The van der Waals surface area contributed by atoms with E-state index in [0.717, 1.165) is 24.2 Å². The Bertz CT molecular complexity index is 1010. The molecule has 30 heavy (non-hydrogen) atoms. The van der Waals surface area contributed by atoms with Gasteiger partial charge in [-0.2, -0.15) is 0 Å². The number of hydrogen-bond acceptors (Lipinski definition) is 7. The average molecular weight is 410 g/mol. The third kappa shape index (κ3) is 1.70. The Hall–Kier alpha value is -2.38. The zero-order chi connectivity index (χ0) is 20.9. The maximum atomic E-state index is 13.8. The quantitative estimate of drug-likeness (QED) is 0.605. The number of benzene rings is 1. The standard InChI is InChI=1S/C23H26N2O5/c1-4-14-11-25-18-9-16(14)21(20(27)28-3,12-29-13(2)26)22-10-19(25)30-23(18,22)24-17-8-6-5-7-15(17)22/h4-8,16,18-19,24H,9-12H2,1-3H3/t16-,18+,19+,21?,22+,23+/m1/s1. The highest BCUT2D eigenvalue weighted by Gasteiger charge is 2.87. The first-order valence-electron chi connectivity index (χ1n) is 10.6. The van der Waals surface area contributed by atoms with Crippen molar-refractivity contribution < 1.29 is 23.8 Å². The first-order chi connectivity index (χ1) is 14.4. The molecule has 1 unspecified atom stereocenters. The molecule has 1 aromatic rings. The number of allylic oxidation sites excluding steroid dienone is 1. The fourth-order valence-electron chi connectivity index (χ4n) is 7.51. The van der Waals surface area contributed by atoms with E-state index in [-0.39, 0.29) is 30.8 Å². The van der Waals surface area contributed by atoms with E-state index >= 15 is 0 Å². The molecular formula is C23H26N2O5. The molecule has 0 aromatic heterocycles. The molecule has 6 atom stereocenters. The number of piperidine rings is 2. The Morgan fingerprint density at radius 1 is 1.37 bits per heavy atom. The predicted molar refractivity (Wildman–Crippen MR) is 107 cm³/mol. The van der Waals surface area contributed by atoms with Crippen LogP contribution in [0.5, 0.6) is 0 Å². The number of methoxy groups -OCH3 is 1. The van der Waals surface area contributed by atoms with Crippen molar-refractivity contribution in [3.63, 3.8) is 0 Å². The van der Waals surface area contributed by atoms with Crippen molar-refractivity contribution in [3.05, 3.63) is 41.5 Å². The van der Waals surface area contributed by atoms with Gasteiger partial charge in [-0.05, 0) is 25.0 Å². The van der Waals surface area contributed by atoms with E-state index < -0.39 is 22.5 Å². The molecule has 1 aromatic carbocycles. The third-order valence-electron chi connectivity index (χ3n) is 8.44. The lowest BCUT2D eigenvalue weighted by atomic mass is 9.42. The van der Waals surface area contributed by atoms with Gasteiger partial charge >= 0.3 is 11.9 Å². The summed E-state index contributed by atoms with van der Waals surface area (Å²) in [4.78, 5) is 28.2. The van der Waals surface area contributed by atoms with Crippen LogP contribution in [0.15, 0.2) is 35.9 Å². The van der Waals surface area contributed by atoms with Crippen molar-refractivity contribution in [2.75, 3.05) is 25.6 Å². The highest BCUT2D eigenvalue weighted by Crippen LogP contribution is 2.76. The van der Waals surface area contributed by atoms with E-state index in [1.54, 1.807) is 0 Å². The fourth-order valence-corrected chi connectivity index (χ4v) is 7.51. The van der Waals surface area contributed by atoms with Gasteiger partial charge in [0.1, 0.15) is 18.2 Å². The highest BCUT2D eigenvalue weighted by molar-refractivity contribution is 5.86.